The molecule has 3 nitrogen and oxygen atoms in total. The first-order chi connectivity index (χ1) is 9.78. The predicted molar refractivity (Wildman–Crippen MR) is 79.1 cm³/mol. The fourth-order valence-corrected chi connectivity index (χ4v) is 4.80. The summed E-state index contributed by atoms with van der Waals surface area (Å²) in [5, 5.41) is 3.75. The molecule has 3 aliphatic carbocycles. The fraction of sp³-hybridized carbons (Fsp3) is 0.941. The van der Waals surface area contributed by atoms with Gasteiger partial charge in [-0.3, -0.25) is 10.1 Å². The smallest absolute Gasteiger partial charge is 0.244 e. The Balaban J connectivity index is 1.49. The molecule has 0 aromatic heterocycles. The van der Waals surface area contributed by atoms with E-state index in [2.05, 4.69) is 10.2 Å². The summed E-state index contributed by atoms with van der Waals surface area (Å²) >= 11 is 0. The lowest BCUT2D eigenvalue weighted by molar-refractivity contribution is -0.132. The van der Waals surface area contributed by atoms with Crippen LogP contribution < -0.4 is 5.32 Å². The maximum atomic E-state index is 12.8. The molecule has 1 N–H and O–H groups in total. The molecule has 1 amide bonds. The average Bonchev–Trinajstić information content (AvgIpc) is 2.96. The van der Waals surface area contributed by atoms with E-state index >= 15 is 0 Å². The summed E-state index contributed by atoms with van der Waals surface area (Å²) in [6.07, 6.45) is 14.7. The molecule has 1 spiro atoms. The Morgan fingerprint density at radius 1 is 1.00 bits per heavy atom. The van der Waals surface area contributed by atoms with Gasteiger partial charge in [0.25, 0.3) is 0 Å². The number of rotatable bonds is 3. The van der Waals surface area contributed by atoms with E-state index in [0.717, 1.165) is 31.2 Å². The van der Waals surface area contributed by atoms with Gasteiger partial charge in [0.1, 0.15) is 0 Å². The Hall–Kier alpha value is -0.570. The normalized spacial score (nSPS) is 34.3. The van der Waals surface area contributed by atoms with E-state index < -0.39 is 0 Å². The molecule has 0 aromatic carbocycles. The van der Waals surface area contributed by atoms with E-state index in [1.807, 2.05) is 0 Å². The highest BCUT2D eigenvalue weighted by Gasteiger charge is 2.60. The van der Waals surface area contributed by atoms with Crippen LogP contribution in [0.15, 0.2) is 0 Å². The molecule has 0 aromatic rings. The molecule has 0 bridgehead atoms. The minimum Gasteiger partial charge on any atom is -0.325 e. The third kappa shape index (κ3) is 2.18. The third-order valence-electron chi connectivity index (χ3n) is 6.21. The van der Waals surface area contributed by atoms with Crippen molar-refractivity contribution < 1.29 is 4.79 Å². The lowest BCUT2D eigenvalue weighted by Gasteiger charge is -2.33. The second kappa shape index (κ2) is 5.01. The van der Waals surface area contributed by atoms with Gasteiger partial charge < -0.3 is 4.90 Å². The Morgan fingerprint density at radius 3 is 2.30 bits per heavy atom. The largest absolute Gasteiger partial charge is 0.325 e. The first kappa shape index (κ1) is 13.1. The molecule has 4 fully saturated rings. The molecule has 4 rings (SSSR count). The maximum absolute atomic E-state index is 12.8. The van der Waals surface area contributed by atoms with Crippen LogP contribution in [0.2, 0.25) is 0 Å². The van der Waals surface area contributed by atoms with Gasteiger partial charge in [0.05, 0.1) is 11.7 Å². The van der Waals surface area contributed by atoms with Gasteiger partial charge in [-0.05, 0) is 50.4 Å². The SMILES string of the molecule is O=C1N(CC2CCCCC2)C(C2CCCC2)NC12CC2. The van der Waals surface area contributed by atoms with Crippen molar-refractivity contribution in [3.63, 3.8) is 0 Å². The Morgan fingerprint density at radius 2 is 1.65 bits per heavy atom. The zero-order chi connectivity index (χ0) is 13.6. The molecule has 0 radical (unpaired) electrons. The first-order valence-corrected chi connectivity index (χ1v) is 8.87. The van der Waals surface area contributed by atoms with Gasteiger partial charge in [0.2, 0.25) is 5.91 Å². The number of nitrogens with zero attached hydrogens (tertiary/aromatic N) is 1. The summed E-state index contributed by atoms with van der Waals surface area (Å²) in [5.74, 6) is 1.94. The summed E-state index contributed by atoms with van der Waals surface area (Å²) in [7, 11) is 0. The summed E-state index contributed by atoms with van der Waals surface area (Å²) in [4.78, 5) is 15.1. The van der Waals surface area contributed by atoms with Crippen LogP contribution in [0.5, 0.6) is 0 Å². The van der Waals surface area contributed by atoms with Crippen LogP contribution in [0, 0.1) is 11.8 Å². The molecule has 1 atom stereocenters. The van der Waals surface area contributed by atoms with Crippen molar-refractivity contribution in [2.75, 3.05) is 6.54 Å². The number of amides is 1. The molecule has 20 heavy (non-hydrogen) atoms. The van der Waals surface area contributed by atoms with E-state index in [1.54, 1.807) is 0 Å². The molecule has 1 saturated heterocycles. The monoisotopic (exact) mass is 276 g/mol. The van der Waals surface area contributed by atoms with Crippen molar-refractivity contribution in [1.82, 2.24) is 10.2 Å². The van der Waals surface area contributed by atoms with Crippen LogP contribution in [0.4, 0.5) is 0 Å². The quantitative estimate of drug-likeness (QED) is 0.859. The third-order valence-corrected chi connectivity index (χ3v) is 6.21. The molecular formula is C17H28N2O. The van der Waals surface area contributed by atoms with E-state index in [0.29, 0.717) is 12.1 Å². The van der Waals surface area contributed by atoms with Crippen LogP contribution in [0.1, 0.15) is 70.6 Å². The number of hydrogen-bond acceptors (Lipinski definition) is 2. The minimum atomic E-state index is -0.109. The molecule has 112 valence electrons. The second-order valence-electron chi connectivity index (χ2n) is 7.68. The van der Waals surface area contributed by atoms with Crippen molar-refractivity contribution in [3.8, 4) is 0 Å². The summed E-state index contributed by atoms with van der Waals surface area (Å²) < 4.78 is 0. The number of carbonyl (C=O) groups is 1. The Bertz CT molecular complexity index is 378. The Labute approximate surface area is 122 Å². The van der Waals surface area contributed by atoms with Gasteiger partial charge in [0, 0.05) is 6.54 Å². The van der Waals surface area contributed by atoms with Gasteiger partial charge in [-0.2, -0.15) is 0 Å². The number of hydrogen-bond donors (Lipinski definition) is 1. The van der Waals surface area contributed by atoms with Crippen molar-refractivity contribution in [1.29, 1.82) is 0 Å². The van der Waals surface area contributed by atoms with Gasteiger partial charge >= 0.3 is 0 Å². The molecular weight excluding hydrogens is 248 g/mol. The van der Waals surface area contributed by atoms with Crippen LogP contribution in [-0.2, 0) is 4.79 Å². The zero-order valence-electron chi connectivity index (χ0n) is 12.6. The van der Waals surface area contributed by atoms with Crippen molar-refractivity contribution in [3.05, 3.63) is 0 Å². The average molecular weight is 276 g/mol. The van der Waals surface area contributed by atoms with Crippen molar-refractivity contribution in [2.24, 2.45) is 11.8 Å². The van der Waals surface area contributed by atoms with Crippen LogP contribution >= 0.6 is 0 Å². The minimum absolute atomic E-state index is 0.109. The first-order valence-electron chi connectivity index (χ1n) is 8.87. The Kier molecular flexibility index (Phi) is 3.29. The van der Waals surface area contributed by atoms with E-state index in [1.165, 1.54) is 57.8 Å². The lowest BCUT2D eigenvalue weighted by atomic mass is 9.88. The van der Waals surface area contributed by atoms with Gasteiger partial charge in [0.15, 0.2) is 0 Å². The summed E-state index contributed by atoms with van der Waals surface area (Å²) in [6.45, 7) is 1.04. The van der Waals surface area contributed by atoms with Crippen molar-refractivity contribution in [2.45, 2.75) is 82.3 Å². The van der Waals surface area contributed by atoms with Crippen LogP contribution in [0.25, 0.3) is 0 Å². The highest BCUT2D eigenvalue weighted by atomic mass is 16.2. The number of carbonyl (C=O) groups excluding carboxylic acids is 1. The van der Waals surface area contributed by atoms with Gasteiger partial charge in [-0.15, -0.1) is 0 Å². The molecule has 4 aliphatic rings. The van der Waals surface area contributed by atoms with Gasteiger partial charge in [-0.25, -0.2) is 0 Å². The van der Waals surface area contributed by atoms with Crippen LogP contribution in [0.3, 0.4) is 0 Å². The highest BCUT2D eigenvalue weighted by Crippen LogP contribution is 2.46. The highest BCUT2D eigenvalue weighted by molar-refractivity contribution is 5.91. The van der Waals surface area contributed by atoms with Crippen molar-refractivity contribution >= 4 is 5.91 Å². The van der Waals surface area contributed by atoms with E-state index in [-0.39, 0.29) is 5.54 Å². The zero-order valence-corrected chi connectivity index (χ0v) is 12.6. The fourth-order valence-electron chi connectivity index (χ4n) is 4.80. The van der Waals surface area contributed by atoms with Crippen LogP contribution in [-0.4, -0.2) is 29.1 Å². The van der Waals surface area contributed by atoms with Gasteiger partial charge in [-0.1, -0.05) is 32.1 Å². The van der Waals surface area contributed by atoms with E-state index in [9.17, 15) is 4.79 Å². The second-order valence-corrected chi connectivity index (χ2v) is 7.68. The summed E-state index contributed by atoms with van der Waals surface area (Å²) in [5.41, 5.74) is -0.109. The molecule has 3 saturated carbocycles. The lowest BCUT2D eigenvalue weighted by Crippen LogP contribution is -2.45. The molecule has 3 heteroatoms. The maximum Gasteiger partial charge on any atom is 0.244 e. The van der Waals surface area contributed by atoms with E-state index in [4.69, 9.17) is 0 Å². The molecule has 1 heterocycles. The molecule has 1 unspecified atom stereocenters. The topological polar surface area (TPSA) is 32.3 Å². The standard InChI is InChI=1S/C17H28N2O/c20-16-17(10-11-17)18-15(14-8-4-5-9-14)19(16)12-13-6-2-1-3-7-13/h13-15,18H,1-12H2. The summed E-state index contributed by atoms with van der Waals surface area (Å²) in [6, 6.07) is 0. The predicted octanol–water partition coefficient (Wildman–Crippen LogP) is 3.05. The molecule has 1 aliphatic heterocycles. The number of nitrogens with one attached hydrogen (secondary N) is 1.